The van der Waals surface area contributed by atoms with Gasteiger partial charge in [0.2, 0.25) is 11.8 Å². The number of nitrogens with zero attached hydrogens (tertiary/aromatic N) is 2. The minimum atomic E-state index is 0.455. The van der Waals surface area contributed by atoms with Crippen molar-refractivity contribution in [3.63, 3.8) is 0 Å². The van der Waals surface area contributed by atoms with E-state index in [0.29, 0.717) is 36.4 Å². The molecule has 2 aromatic rings. The van der Waals surface area contributed by atoms with E-state index in [1.807, 2.05) is 20.8 Å². The van der Waals surface area contributed by atoms with Crippen molar-refractivity contribution in [2.24, 2.45) is 0 Å². The first-order chi connectivity index (χ1) is 9.60. The molecule has 2 rings (SSSR count). The molecule has 108 valence electrons. The maximum absolute atomic E-state index is 5.81. The first-order valence-corrected chi connectivity index (χ1v) is 6.66. The summed E-state index contributed by atoms with van der Waals surface area (Å²) in [5.74, 6) is 2.60. The number of ether oxygens (including phenoxy) is 1. The zero-order valence-corrected chi connectivity index (χ0v) is 12.1. The van der Waals surface area contributed by atoms with Crippen molar-refractivity contribution in [2.45, 2.75) is 33.7 Å². The highest BCUT2D eigenvalue weighted by Gasteiger charge is 2.07. The molecule has 2 heterocycles. The van der Waals surface area contributed by atoms with E-state index in [9.17, 15) is 0 Å². The van der Waals surface area contributed by atoms with E-state index in [-0.39, 0.29) is 0 Å². The lowest BCUT2D eigenvalue weighted by molar-refractivity contribution is 0.307. The highest BCUT2D eigenvalue weighted by atomic mass is 16.5. The van der Waals surface area contributed by atoms with E-state index >= 15 is 0 Å². The van der Waals surface area contributed by atoms with Crippen LogP contribution in [0.1, 0.15) is 30.7 Å². The molecular formula is C14H20N4O2. The number of anilines is 2. The van der Waals surface area contributed by atoms with Crippen LogP contribution in [0.2, 0.25) is 0 Å². The van der Waals surface area contributed by atoms with Crippen LogP contribution in [-0.4, -0.2) is 16.6 Å². The molecule has 0 fully saturated rings. The zero-order valence-electron chi connectivity index (χ0n) is 12.1. The highest BCUT2D eigenvalue weighted by molar-refractivity contribution is 5.53. The molecule has 0 radical (unpaired) electrons. The fourth-order valence-corrected chi connectivity index (χ4v) is 1.64. The molecule has 0 amide bonds. The Labute approximate surface area is 118 Å². The third-order valence-corrected chi connectivity index (χ3v) is 2.83. The van der Waals surface area contributed by atoms with Crippen LogP contribution in [0.4, 0.5) is 11.5 Å². The van der Waals surface area contributed by atoms with Crippen molar-refractivity contribution in [1.82, 2.24) is 9.97 Å². The van der Waals surface area contributed by atoms with Gasteiger partial charge in [0.25, 0.3) is 0 Å². The molecule has 3 N–H and O–H groups in total. The van der Waals surface area contributed by atoms with Crippen LogP contribution in [0.15, 0.2) is 16.5 Å². The Morgan fingerprint density at radius 2 is 2.10 bits per heavy atom. The van der Waals surface area contributed by atoms with E-state index in [4.69, 9.17) is 14.9 Å². The summed E-state index contributed by atoms with van der Waals surface area (Å²) >= 11 is 0. The van der Waals surface area contributed by atoms with Crippen molar-refractivity contribution in [2.75, 3.05) is 17.7 Å². The molecule has 0 unspecified atom stereocenters. The largest absolute Gasteiger partial charge is 0.476 e. The predicted octanol–water partition coefficient (Wildman–Crippen LogP) is 2.67. The normalized spacial score (nSPS) is 10.6. The monoisotopic (exact) mass is 276 g/mol. The molecule has 0 saturated carbocycles. The minimum Gasteiger partial charge on any atom is -0.476 e. The Balaban J connectivity index is 2.02. The van der Waals surface area contributed by atoms with E-state index in [1.54, 1.807) is 12.1 Å². The van der Waals surface area contributed by atoms with E-state index in [2.05, 4.69) is 15.3 Å². The molecule has 0 atom stereocenters. The second-order valence-electron chi connectivity index (χ2n) is 4.54. The second kappa shape index (κ2) is 6.27. The number of nitrogens with one attached hydrogen (secondary N) is 1. The van der Waals surface area contributed by atoms with Crippen molar-refractivity contribution >= 4 is 11.5 Å². The molecule has 0 aromatic carbocycles. The van der Waals surface area contributed by atoms with Crippen LogP contribution < -0.4 is 15.8 Å². The van der Waals surface area contributed by atoms with E-state index in [0.717, 1.165) is 17.9 Å². The number of aryl methyl sites for hydroxylation is 2. The molecule has 0 spiro atoms. The highest BCUT2D eigenvalue weighted by Crippen LogP contribution is 2.21. The predicted molar refractivity (Wildman–Crippen MR) is 77.7 cm³/mol. The van der Waals surface area contributed by atoms with Gasteiger partial charge >= 0.3 is 0 Å². The Kier molecular flexibility index (Phi) is 4.45. The summed E-state index contributed by atoms with van der Waals surface area (Å²) in [5.41, 5.74) is 7.25. The first kappa shape index (κ1) is 14.2. The van der Waals surface area contributed by atoms with Crippen molar-refractivity contribution < 1.29 is 9.15 Å². The third-order valence-electron chi connectivity index (χ3n) is 2.83. The number of aromatic nitrogens is 2. The standard InChI is InChI=1S/C14H20N4O2/c1-4-7-19-14-11(15)5-6-12(18-14)16-8-13-17-9(2)10(3)20-13/h5-6H,4,7-8,15H2,1-3H3,(H,16,18). The molecular weight excluding hydrogens is 256 g/mol. The summed E-state index contributed by atoms with van der Waals surface area (Å²) < 4.78 is 11.0. The van der Waals surface area contributed by atoms with Gasteiger partial charge in [0, 0.05) is 0 Å². The number of rotatable bonds is 6. The van der Waals surface area contributed by atoms with E-state index in [1.165, 1.54) is 0 Å². The zero-order chi connectivity index (χ0) is 14.5. The summed E-state index contributed by atoms with van der Waals surface area (Å²) in [6, 6.07) is 3.57. The summed E-state index contributed by atoms with van der Waals surface area (Å²) in [5, 5.41) is 3.14. The molecule has 20 heavy (non-hydrogen) atoms. The molecule has 0 bridgehead atoms. The lowest BCUT2D eigenvalue weighted by Gasteiger charge is -2.09. The molecule has 0 aliphatic carbocycles. The Morgan fingerprint density at radius 1 is 1.30 bits per heavy atom. The van der Waals surface area contributed by atoms with E-state index < -0.39 is 0 Å². The fourth-order valence-electron chi connectivity index (χ4n) is 1.64. The summed E-state index contributed by atoms with van der Waals surface area (Å²) in [4.78, 5) is 8.63. The van der Waals surface area contributed by atoms with Crippen molar-refractivity contribution in [3.8, 4) is 5.88 Å². The van der Waals surface area contributed by atoms with Crippen LogP contribution in [-0.2, 0) is 6.54 Å². The molecule has 0 aliphatic rings. The van der Waals surface area contributed by atoms with Gasteiger partial charge < -0.3 is 20.2 Å². The average Bonchev–Trinajstić information content (AvgIpc) is 2.75. The topological polar surface area (TPSA) is 86.2 Å². The summed E-state index contributed by atoms with van der Waals surface area (Å²) in [6.45, 7) is 6.91. The Morgan fingerprint density at radius 3 is 2.75 bits per heavy atom. The minimum absolute atomic E-state index is 0.455. The molecule has 0 aliphatic heterocycles. The maximum Gasteiger partial charge on any atom is 0.239 e. The number of hydrogen-bond acceptors (Lipinski definition) is 6. The number of pyridine rings is 1. The quantitative estimate of drug-likeness (QED) is 0.843. The number of hydrogen-bond donors (Lipinski definition) is 2. The summed E-state index contributed by atoms with van der Waals surface area (Å²) in [6.07, 6.45) is 0.910. The molecule has 2 aromatic heterocycles. The van der Waals surface area contributed by atoms with Crippen molar-refractivity contribution in [3.05, 3.63) is 29.5 Å². The second-order valence-corrected chi connectivity index (χ2v) is 4.54. The van der Waals surface area contributed by atoms with Gasteiger partial charge in [-0.3, -0.25) is 0 Å². The lowest BCUT2D eigenvalue weighted by Crippen LogP contribution is -2.06. The van der Waals surface area contributed by atoms with Gasteiger partial charge in [-0.05, 0) is 32.4 Å². The number of nitrogens with two attached hydrogens (primary N) is 1. The number of oxazole rings is 1. The van der Waals surface area contributed by atoms with Gasteiger partial charge in [0.15, 0.2) is 0 Å². The van der Waals surface area contributed by atoms with Gasteiger partial charge in [0.05, 0.1) is 24.5 Å². The van der Waals surface area contributed by atoms with Gasteiger partial charge in [0.1, 0.15) is 11.6 Å². The lowest BCUT2D eigenvalue weighted by atomic mass is 10.4. The first-order valence-electron chi connectivity index (χ1n) is 6.66. The van der Waals surface area contributed by atoms with Crippen LogP contribution in [0.25, 0.3) is 0 Å². The Bertz CT molecular complexity index is 561. The molecule has 0 saturated heterocycles. The molecule has 6 heteroatoms. The third kappa shape index (κ3) is 3.40. The molecule has 6 nitrogen and oxygen atoms in total. The van der Waals surface area contributed by atoms with Gasteiger partial charge in [-0.15, -0.1) is 0 Å². The van der Waals surface area contributed by atoms with Crippen molar-refractivity contribution in [1.29, 1.82) is 0 Å². The van der Waals surface area contributed by atoms with Gasteiger partial charge in [-0.25, -0.2) is 4.98 Å². The average molecular weight is 276 g/mol. The van der Waals surface area contributed by atoms with Crippen LogP contribution >= 0.6 is 0 Å². The fraction of sp³-hybridized carbons (Fsp3) is 0.429. The van der Waals surface area contributed by atoms with Gasteiger partial charge in [-0.2, -0.15) is 4.98 Å². The van der Waals surface area contributed by atoms with Crippen LogP contribution in [0.3, 0.4) is 0 Å². The summed E-state index contributed by atoms with van der Waals surface area (Å²) in [7, 11) is 0. The smallest absolute Gasteiger partial charge is 0.239 e. The van der Waals surface area contributed by atoms with Gasteiger partial charge in [-0.1, -0.05) is 6.92 Å². The van der Waals surface area contributed by atoms with Crippen LogP contribution in [0, 0.1) is 13.8 Å². The SMILES string of the molecule is CCCOc1nc(NCc2nc(C)c(C)o2)ccc1N. The number of nitrogen functional groups attached to an aromatic ring is 1. The van der Waals surface area contributed by atoms with Crippen LogP contribution in [0.5, 0.6) is 5.88 Å². The maximum atomic E-state index is 5.81. The Hall–Kier alpha value is -2.24.